The summed E-state index contributed by atoms with van der Waals surface area (Å²) in [6.45, 7) is 0. The van der Waals surface area contributed by atoms with Crippen molar-refractivity contribution in [2.45, 2.75) is 11.2 Å². The Kier molecular flexibility index (Phi) is 3.75. The van der Waals surface area contributed by atoms with Gasteiger partial charge in [-0.15, -0.1) is 0 Å². The molecule has 13 heavy (non-hydrogen) atoms. The van der Waals surface area contributed by atoms with Crippen LogP contribution in [0.3, 0.4) is 0 Å². The topological polar surface area (TPSA) is 37.3 Å². The quantitative estimate of drug-likeness (QED) is 0.852. The van der Waals surface area contributed by atoms with Crippen LogP contribution < -0.4 is 0 Å². The van der Waals surface area contributed by atoms with Gasteiger partial charge in [0.25, 0.3) is 0 Å². The van der Waals surface area contributed by atoms with Crippen LogP contribution >= 0.6 is 27.5 Å². The highest BCUT2D eigenvalue weighted by molar-refractivity contribution is 9.10. The van der Waals surface area contributed by atoms with Crippen molar-refractivity contribution in [1.82, 2.24) is 0 Å². The van der Waals surface area contributed by atoms with E-state index in [9.17, 15) is 4.79 Å². The number of hydrogen-bond acceptors (Lipinski definition) is 1. The molecule has 4 heteroatoms. The third kappa shape index (κ3) is 3.36. The van der Waals surface area contributed by atoms with Crippen molar-refractivity contribution in [2.24, 2.45) is 0 Å². The highest BCUT2D eigenvalue weighted by atomic mass is 79.9. The Hall–Kier alpha value is -0.540. The highest BCUT2D eigenvalue weighted by Crippen LogP contribution is 2.13. The van der Waals surface area contributed by atoms with Crippen LogP contribution in [0.25, 0.3) is 0 Å². The first-order chi connectivity index (χ1) is 6.09. The summed E-state index contributed by atoms with van der Waals surface area (Å²) in [6.07, 6.45) is 0.465. The second-order valence-electron chi connectivity index (χ2n) is 2.64. The smallest absolute Gasteiger partial charge is 0.317 e. The second-order valence-corrected chi connectivity index (χ2v) is 4.18. The maximum absolute atomic E-state index is 10.5. The lowest BCUT2D eigenvalue weighted by atomic mass is 10.1. The van der Waals surface area contributed by atoms with Crippen molar-refractivity contribution in [3.8, 4) is 0 Å². The highest BCUT2D eigenvalue weighted by Gasteiger charge is 2.12. The van der Waals surface area contributed by atoms with E-state index >= 15 is 0 Å². The summed E-state index contributed by atoms with van der Waals surface area (Å²) in [4.78, 5) is 9.96. The largest absolute Gasteiger partial charge is 0.480 e. The van der Waals surface area contributed by atoms with Crippen molar-refractivity contribution in [2.75, 3.05) is 0 Å². The van der Waals surface area contributed by atoms with Gasteiger partial charge < -0.3 is 5.11 Å². The van der Waals surface area contributed by atoms with Crippen LogP contribution in [0, 0.1) is 0 Å². The molecule has 0 aliphatic carbocycles. The fourth-order valence-corrected chi connectivity index (χ4v) is 1.41. The minimum absolute atomic E-state index is 0.465. The van der Waals surface area contributed by atoms with Gasteiger partial charge in [-0.3, -0.25) is 4.79 Å². The molecule has 1 atom stereocenters. The Labute approximate surface area is 89.7 Å². The molecule has 1 rings (SSSR count). The molecule has 0 bridgehead atoms. The van der Waals surface area contributed by atoms with E-state index in [0.717, 1.165) is 5.56 Å². The molecule has 0 unspecified atom stereocenters. The minimum Gasteiger partial charge on any atom is -0.480 e. The number of carboxylic acid groups (broad SMARTS) is 1. The van der Waals surface area contributed by atoms with Gasteiger partial charge in [0.1, 0.15) is 4.83 Å². The lowest BCUT2D eigenvalue weighted by Gasteiger charge is -2.03. The molecule has 0 saturated heterocycles. The zero-order valence-electron chi connectivity index (χ0n) is 6.71. The van der Waals surface area contributed by atoms with Gasteiger partial charge in [-0.05, 0) is 24.1 Å². The fourth-order valence-electron chi connectivity index (χ4n) is 0.915. The number of hydrogen-bond donors (Lipinski definition) is 1. The van der Waals surface area contributed by atoms with E-state index in [0.29, 0.717) is 11.4 Å². The number of halogens is 2. The zero-order valence-corrected chi connectivity index (χ0v) is 9.05. The van der Waals surface area contributed by atoms with Crippen molar-refractivity contribution < 1.29 is 9.90 Å². The SMILES string of the molecule is O=C(O)[C@@H](Br)Cc1ccc(Cl)cc1. The molecule has 0 spiro atoms. The molecule has 2 nitrogen and oxygen atoms in total. The standard InChI is InChI=1S/C9H8BrClO2/c10-8(9(12)13)5-6-1-3-7(11)4-2-6/h1-4,8H,5H2,(H,12,13)/t8-/m0/s1. The summed E-state index contributed by atoms with van der Waals surface area (Å²) in [5, 5.41) is 9.28. The first kappa shape index (κ1) is 10.5. The molecule has 70 valence electrons. The predicted molar refractivity (Wildman–Crippen MR) is 55.5 cm³/mol. The van der Waals surface area contributed by atoms with Crippen LogP contribution in [-0.2, 0) is 11.2 Å². The summed E-state index contributed by atoms with van der Waals surface area (Å²) < 4.78 is 0. The van der Waals surface area contributed by atoms with E-state index in [1.165, 1.54) is 0 Å². The minimum atomic E-state index is -0.852. The van der Waals surface area contributed by atoms with E-state index in [1.807, 2.05) is 12.1 Å². The number of carbonyl (C=O) groups is 1. The zero-order chi connectivity index (χ0) is 9.84. The Balaban J connectivity index is 2.64. The van der Waals surface area contributed by atoms with Crippen LogP contribution in [0.4, 0.5) is 0 Å². The average Bonchev–Trinajstić information content (AvgIpc) is 2.08. The molecular weight excluding hydrogens is 255 g/mol. The van der Waals surface area contributed by atoms with Crippen LogP contribution in [0.15, 0.2) is 24.3 Å². The molecule has 0 saturated carbocycles. The normalized spacial score (nSPS) is 12.5. The van der Waals surface area contributed by atoms with Crippen LogP contribution in [0.1, 0.15) is 5.56 Å². The van der Waals surface area contributed by atoms with Gasteiger partial charge in [0.05, 0.1) is 0 Å². The number of carboxylic acids is 1. The molecule has 1 N–H and O–H groups in total. The van der Waals surface area contributed by atoms with Gasteiger partial charge in [-0.25, -0.2) is 0 Å². The van der Waals surface area contributed by atoms with Crippen molar-refractivity contribution in [1.29, 1.82) is 0 Å². The average molecular weight is 264 g/mol. The molecule has 0 aliphatic rings. The Morgan fingerprint density at radius 2 is 2.00 bits per heavy atom. The summed E-state index contributed by atoms with van der Waals surface area (Å²) >= 11 is 8.75. The number of alkyl halides is 1. The summed E-state index contributed by atoms with van der Waals surface area (Å²) in [5.74, 6) is -0.852. The Morgan fingerprint density at radius 3 is 2.46 bits per heavy atom. The van der Waals surface area contributed by atoms with Crippen LogP contribution in [0.2, 0.25) is 5.02 Å². The third-order valence-corrected chi connectivity index (χ3v) is 2.56. The third-order valence-electron chi connectivity index (χ3n) is 1.60. The van der Waals surface area contributed by atoms with E-state index in [2.05, 4.69) is 15.9 Å². The Morgan fingerprint density at radius 1 is 1.46 bits per heavy atom. The van der Waals surface area contributed by atoms with Gasteiger partial charge in [-0.2, -0.15) is 0 Å². The van der Waals surface area contributed by atoms with Crippen molar-refractivity contribution >= 4 is 33.5 Å². The van der Waals surface area contributed by atoms with Crippen molar-refractivity contribution in [3.05, 3.63) is 34.9 Å². The van der Waals surface area contributed by atoms with Crippen molar-refractivity contribution in [3.63, 3.8) is 0 Å². The van der Waals surface area contributed by atoms with Crippen LogP contribution in [0.5, 0.6) is 0 Å². The Bertz CT molecular complexity index is 297. The number of aliphatic carboxylic acids is 1. The molecule has 0 fully saturated rings. The molecule has 0 radical (unpaired) electrons. The first-order valence-corrected chi connectivity index (χ1v) is 5.00. The van der Waals surface area contributed by atoms with Gasteiger partial charge in [0, 0.05) is 5.02 Å². The maximum atomic E-state index is 10.5. The van der Waals surface area contributed by atoms with Gasteiger partial charge in [-0.1, -0.05) is 39.7 Å². The summed E-state index contributed by atoms with van der Waals surface area (Å²) in [5.41, 5.74) is 0.952. The second kappa shape index (κ2) is 4.63. The van der Waals surface area contributed by atoms with Gasteiger partial charge in [0.15, 0.2) is 0 Å². The molecule has 0 aromatic heterocycles. The maximum Gasteiger partial charge on any atom is 0.317 e. The summed E-state index contributed by atoms with van der Waals surface area (Å²) in [7, 11) is 0. The first-order valence-electron chi connectivity index (χ1n) is 3.71. The molecule has 1 aromatic rings. The van der Waals surface area contributed by atoms with E-state index in [1.54, 1.807) is 12.1 Å². The molecular formula is C9H8BrClO2. The fraction of sp³-hybridized carbons (Fsp3) is 0.222. The lowest BCUT2D eigenvalue weighted by Crippen LogP contribution is -2.15. The van der Waals surface area contributed by atoms with Gasteiger partial charge in [0.2, 0.25) is 0 Å². The monoisotopic (exact) mass is 262 g/mol. The van der Waals surface area contributed by atoms with Crippen LogP contribution in [-0.4, -0.2) is 15.9 Å². The lowest BCUT2D eigenvalue weighted by molar-refractivity contribution is -0.136. The molecule has 1 aromatic carbocycles. The number of benzene rings is 1. The molecule has 0 amide bonds. The molecule has 0 aliphatic heterocycles. The van der Waals surface area contributed by atoms with E-state index in [-0.39, 0.29) is 0 Å². The predicted octanol–water partition coefficient (Wildman–Crippen LogP) is 2.73. The summed E-state index contributed by atoms with van der Waals surface area (Å²) in [6, 6.07) is 7.13. The number of rotatable bonds is 3. The van der Waals surface area contributed by atoms with E-state index < -0.39 is 10.8 Å². The van der Waals surface area contributed by atoms with E-state index in [4.69, 9.17) is 16.7 Å². The van der Waals surface area contributed by atoms with Gasteiger partial charge >= 0.3 is 5.97 Å². The molecule has 0 heterocycles.